The molecule has 132 valence electrons. The summed E-state index contributed by atoms with van der Waals surface area (Å²) < 4.78 is 6.17. The van der Waals surface area contributed by atoms with E-state index in [1.165, 1.54) is 30.4 Å². The zero-order valence-corrected chi connectivity index (χ0v) is 16.6. The Morgan fingerprint density at radius 3 is 2.04 bits per heavy atom. The largest absolute Gasteiger partial charge is 0.493 e. The minimum Gasteiger partial charge on any atom is -0.493 e. The van der Waals surface area contributed by atoms with Gasteiger partial charge in [-0.15, -0.1) is 0 Å². The SMILES string of the molecule is CCCCCCOc1ccc(C(C)(C)CC)cc1C(C)(C)CC. The zero-order valence-electron chi connectivity index (χ0n) is 16.6. The summed E-state index contributed by atoms with van der Waals surface area (Å²) in [6.07, 6.45) is 7.27. The van der Waals surface area contributed by atoms with E-state index < -0.39 is 0 Å². The topological polar surface area (TPSA) is 9.23 Å². The van der Waals surface area contributed by atoms with E-state index in [1.807, 2.05) is 0 Å². The third-order valence-corrected chi connectivity index (χ3v) is 5.51. The van der Waals surface area contributed by atoms with Gasteiger partial charge in [-0.3, -0.25) is 0 Å². The van der Waals surface area contributed by atoms with Crippen LogP contribution in [-0.4, -0.2) is 6.61 Å². The van der Waals surface area contributed by atoms with E-state index in [0.29, 0.717) is 0 Å². The molecule has 0 saturated carbocycles. The molecule has 0 aromatic heterocycles. The smallest absolute Gasteiger partial charge is 0.123 e. The summed E-state index contributed by atoms with van der Waals surface area (Å²) in [4.78, 5) is 0. The summed E-state index contributed by atoms with van der Waals surface area (Å²) in [5.74, 6) is 1.09. The lowest BCUT2D eigenvalue weighted by molar-refractivity contribution is 0.294. The number of unbranched alkanes of at least 4 members (excludes halogenated alkanes) is 3. The van der Waals surface area contributed by atoms with Gasteiger partial charge in [0.2, 0.25) is 0 Å². The molecule has 0 bridgehead atoms. The fourth-order valence-electron chi connectivity index (χ4n) is 2.71. The number of hydrogen-bond acceptors (Lipinski definition) is 1. The summed E-state index contributed by atoms with van der Waals surface area (Å²) in [7, 11) is 0. The molecule has 1 aromatic rings. The van der Waals surface area contributed by atoms with E-state index in [0.717, 1.165) is 31.6 Å². The van der Waals surface area contributed by atoms with Gasteiger partial charge in [0.25, 0.3) is 0 Å². The third-order valence-electron chi connectivity index (χ3n) is 5.51. The minimum absolute atomic E-state index is 0.151. The molecule has 1 rings (SSSR count). The lowest BCUT2D eigenvalue weighted by Gasteiger charge is -2.30. The van der Waals surface area contributed by atoms with Crippen molar-refractivity contribution in [3.05, 3.63) is 29.3 Å². The van der Waals surface area contributed by atoms with Crippen LogP contribution in [0.5, 0.6) is 5.75 Å². The second-order valence-electron chi connectivity index (χ2n) is 8.09. The van der Waals surface area contributed by atoms with Gasteiger partial charge in [-0.1, -0.05) is 79.9 Å². The van der Waals surface area contributed by atoms with Crippen molar-refractivity contribution >= 4 is 0 Å². The summed E-state index contributed by atoms with van der Waals surface area (Å²) in [6.45, 7) is 16.9. The first-order chi connectivity index (χ1) is 10.8. The van der Waals surface area contributed by atoms with E-state index in [-0.39, 0.29) is 10.8 Å². The average Bonchev–Trinajstić information content (AvgIpc) is 2.54. The first-order valence-corrected chi connectivity index (χ1v) is 9.56. The highest BCUT2D eigenvalue weighted by Crippen LogP contribution is 2.38. The number of ether oxygens (including phenoxy) is 1. The Hall–Kier alpha value is -0.980. The van der Waals surface area contributed by atoms with E-state index in [2.05, 4.69) is 66.7 Å². The first-order valence-electron chi connectivity index (χ1n) is 9.56. The van der Waals surface area contributed by atoms with E-state index in [1.54, 1.807) is 0 Å². The molecule has 1 aromatic carbocycles. The van der Waals surface area contributed by atoms with Crippen LogP contribution in [0.25, 0.3) is 0 Å². The third kappa shape index (κ3) is 5.55. The van der Waals surface area contributed by atoms with E-state index in [9.17, 15) is 0 Å². The van der Waals surface area contributed by atoms with Crippen molar-refractivity contribution in [1.29, 1.82) is 0 Å². The fourth-order valence-corrected chi connectivity index (χ4v) is 2.71. The predicted octanol–water partition coefficient (Wildman–Crippen LogP) is 7.02. The molecular formula is C22H38O. The second-order valence-corrected chi connectivity index (χ2v) is 8.09. The van der Waals surface area contributed by atoms with Crippen LogP contribution in [0, 0.1) is 0 Å². The van der Waals surface area contributed by atoms with E-state index >= 15 is 0 Å². The number of hydrogen-bond donors (Lipinski definition) is 0. The van der Waals surface area contributed by atoms with Gasteiger partial charge in [0.05, 0.1) is 6.61 Å². The molecule has 0 radical (unpaired) electrons. The van der Waals surface area contributed by atoms with Crippen molar-refractivity contribution in [3.8, 4) is 5.75 Å². The van der Waals surface area contributed by atoms with Crippen LogP contribution in [-0.2, 0) is 10.8 Å². The summed E-state index contributed by atoms with van der Waals surface area (Å²) in [5.41, 5.74) is 3.17. The Kier molecular flexibility index (Phi) is 7.64. The van der Waals surface area contributed by atoms with Crippen LogP contribution < -0.4 is 4.74 Å². The molecular weight excluding hydrogens is 280 g/mol. The van der Waals surface area contributed by atoms with Crippen LogP contribution >= 0.6 is 0 Å². The summed E-state index contributed by atoms with van der Waals surface area (Å²) >= 11 is 0. The highest BCUT2D eigenvalue weighted by Gasteiger charge is 2.26. The molecule has 0 N–H and O–H groups in total. The van der Waals surface area contributed by atoms with E-state index in [4.69, 9.17) is 4.74 Å². The normalized spacial score (nSPS) is 12.5. The van der Waals surface area contributed by atoms with Crippen LogP contribution in [0.3, 0.4) is 0 Å². The Bertz CT molecular complexity index is 471. The van der Waals surface area contributed by atoms with Gasteiger partial charge < -0.3 is 4.74 Å². The zero-order chi connectivity index (χ0) is 17.5. The van der Waals surface area contributed by atoms with Gasteiger partial charge in [0, 0.05) is 5.56 Å². The van der Waals surface area contributed by atoms with Crippen LogP contribution in [0.15, 0.2) is 18.2 Å². The Labute approximate surface area is 144 Å². The Morgan fingerprint density at radius 2 is 1.48 bits per heavy atom. The molecule has 1 heteroatoms. The highest BCUT2D eigenvalue weighted by atomic mass is 16.5. The molecule has 0 aliphatic rings. The maximum atomic E-state index is 6.17. The van der Waals surface area contributed by atoms with Crippen LogP contribution in [0.2, 0.25) is 0 Å². The summed E-state index contributed by atoms with van der Waals surface area (Å²) in [6, 6.07) is 6.87. The fraction of sp³-hybridized carbons (Fsp3) is 0.727. The predicted molar refractivity (Wildman–Crippen MR) is 103 cm³/mol. The molecule has 0 amide bonds. The Morgan fingerprint density at radius 1 is 0.826 bits per heavy atom. The molecule has 0 heterocycles. The molecule has 0 spiro atoms. The average molecular weight is 319 g/mol. The van der Waals surface area contributed by atoms with Gasteiger partial charge in [0.1, 0.15) is 5.75 Å². The minimum atomic E-state index is 0.151. The summed E-state index contributed by atoms with van der Waals surface area (Å²) in [5, 5.41) is 0. The molecule has 0 unspecified atom stereocenters. The molecule has 0 atom stereocenters. The van der Waals surface area contributed by atoms with Crippen LogP contribution in [0.4, 0.5) is 0 Å². The molecule has 0 saturated heterocycles. The maximum absolute atomic E-state index is 6.17. The van der Waals surface area contributed by atoms with Gasteiger partial charge >= 0.3 is 0 Å². The Balaban J connectivity index is 3.01. The van der Waals surface area contributed by atoms with Gasteiger partial charge in [0.15, 0.2) is 0 Å². The number of benzene rings is 1. The molecule has 0 aliphatic heterocycles. The number of rotatable bonds is 10. The molecule has 23 heavy (non-hydrogen) atoms. The quantitative estimate of drug-likeness (QED) is 0.421. The molecule has 0 fully saturated rings. The van der Waals surface area contributed by atoms with Gasteiger partial charge in [-0.05, 0) is 41.7 Å². The van der Waals surface area contributed by atoms with Crippen molar-refractivity contribution in [3.63, 3.8) is 0 Å². The van der Waals surface area contributed by atoms with Crippen molar-refractivity contribution in [2.24, 2.45) is 0 Å². The lowest BCUT2D eigenvalue weighted by Crippen LogP contribution is -2.21. The van der Waals surface area contributed by atoms with Gasteiger partial charge in [-0.25, -0.2) is 0 Å². The van der Waals surface area contributed by atoms with Crippen molar-refractivity contribution in [2.45, 2.75) is 97.8 Å². The monoisotopic (exact) mass is 318 g/mol. The first kappa shape index (κ1) is 20.1. The standard InChI is InChI=1S/C22H38O/c1-8-11-12-13-16-23-20-15-14-18(21(4,5)9-2)17-19(20)22(6,7)10-3/h14-15,17H,8-13,16H2,1-7H3. The maximum Gasteiger partial charge on any atom is 0.123 e. The van der Waals surface area contributed by atoms with Gasteiger partial charge in [-0.2, -0.15) is 0 Å². The van der Waals surface area contributed by atoms with Crippen molar-refractivity contribution in [1.82, 2.24) is 0 Å². The second kappa shape index (κ2) is 8.76. The lowest BCUT2D eigenvalue weighted by atomic mass is 9.76. The highest BCUT2D eigenvalue weighted by molar-refractivity contribution is 5.44. The van der Waals surface area contributed by atoms with Crippen molar-refractivity contribution < 1.29 is 4.74 Å². The van der Waals surface area contributed by atoms with Crippen LogP contribution in [0.1, 0.15) is 98.1 Å². The van der Waals surface area contributed by atoms with Crippen molar-refractivity contribution in [2.75, 3.05) is 6.61 Å². The molecule has 0 aliphatic carbocycles. The molecule has 1 nitrogen and oxygen atoms in total.